The molecule has 0 rings (SSSR count). The predicted molar refractivity (Wildman–Crippen MR) is 49.7 cm³/mol. The number of rotatable bonds is 6. The van der Waals surface area contributed by atoms with Gasteiger partial charge in [-0.05, 0) is 0 Å². The van der Waals surface area contributed by atoms with Gasteiger partial charge in [0, 0.05) is 18.8 Å². The Labute approximate surface area is 82.3 Å². The summed E-state index contributed by atoms with van der Waals surface area (Å²) in [5, 5.41) is 8.46. The van der Waals surface area contributed by atoms with E-state index >= 15 is 0 Å². The number of carbonyl (C=O) groups excluding carboxylic acids is 2. The van der Waals surface area contributed by atoms with Crippen LogP contribution in [-0.4, -0.2) is 28.7 Å². The molecule has 0 saturated carbocycles. The molecule has 2 unspecified atom stereocenters. The highest BCUT2D eigenvalue weighted by Gasteiger charge is 2.27. The Bertz CT molecular complexity index is 249. The number of carbonyl (C=O) groups is 3. The molecule has 14 heavy (non-hydrogen) atoms. The molecule has 0 aromatic rings. The van der Waals surface area contributed by atoms with Crippen LogP contribution < -0.4 is 5.73 Å². The number of hydrogen-bond donors (Lipinski definition) is 2. The summed E-state index contributed by atoms with van der Waals surface area (Å²) in [4.78, 5) is 32.6. The zero-order valence-electron chi connectivity index (χ0n) is 8.32. The lowest BCUT2D eigenvalue weighted by Crippen LogP contribution is -2.41. The van der Waals surface area contributed by atoms with Gasteiger partial charge in [0.15, 0.2) is 11.8 Å². The van der Waals surface area contributed by atoms with Gasteiger partial charge < -0.3 is 10.8 Å². The van der Waals surface area contributed by atoms with Crippen LogP contribution in [-0.2, 0) is 14.4 Å². The van der Waals surface area contributed by atoms with E-state index in [0.29, 0.717) is 6.42 Å². The highest BCUT2D eigenvalue weighted by atomic mass is 16.4. The maximum absolute atomic E-state index is 11.3. The number of hydrogen-bond acceptors (Lipinski definition) is 4. The van der Waals surface area contributed by atoms with Crippen molar-refractivity contribution >= 4 is 17.5 Å². The number of ketones is 2. The van der Waals surface area contributed by atoms with Crippen LogP contribution in [0, 0.1) is 5.92 Å². The summed E-state index contributed by atoms with van der Waals surface area (Å²) in [5.74, 6) is -2.64. The molecule has 0 fully saturated rings. The molecule has 0 aromatic carbocycles. The molecule has 0 aromatic heterocycles. The summed E-state index contributed by atoms with van der Waals surface area (Å²) in [6, 6.07) is -1.52. The molecule has 0 saturated heterocycles. The lowest BCUT2D eigenvalue weighted by molar-refractivity contribution is -0.143. The van der Waals surface area contributed by atoms with Gasteiger partial charge in [0.05, 0.1) is 0 Å². The van der Waals surface area contributed by atoms with Crippen molar-refractivity contribution in [3.63, 3.8) is 0 Å². The van der Waals surface area contributed by atoms with Crippen LogP contribution in [0.1, 0.15) is 26.7 Å². The largest absolute Gasteiger partial charge is 0.480 e. The van der Waals surface area contributed by atoms with Crippen LogP contribution in [0.2, 0.25) is 0 Å². The monoisotopic (exact) mass is 201 g/mol. The first kappa shape index (κ1) is 12.8. The molecule has 0 amide bonds. The normalized spacial score (nSPS) is 14.5. The van der Waals surface area contributed by atoms with Gasteiger partial charge in [0.25, 0.3) is 0 Å². The van der Waals surface area contributed by atoms with Crippen molar-refractivity contribution in [2.45, 2.75) is 32.7 Å². The Balaban J connectivity index is 4.25. The molecule has 3 N–H and O–H groups in total. The van der Waals surface area contributed by atoms with Gasteiger partial charge in [-0.15, -0.1) is 0 Å². The van der Waals surface area contributed by atoms with Crippen LogP contribution in [0.25, 0.3) is 0 Å². The van der Waals surface area contributed by atoms with E-state index in [1.807, 2.05) is 0 Å². The molecular weight excluding hydrogens is 186 g/mol. The first-order chi connectivity index (χ1) is 6.40. The number of Topliss-reactive ketones (excluding diaryl/α,β-unsaturated/α-hetero) is 2. The second kappa shape index (κ2) is 5.49. The summed E-state index contributed by atoms with van der Waals surface area (Å²) in [6.07, 6.45) is 0.413. The SMILES string of the molecule is CCC(=O)CC(C)C(=O)C(N)C(=O)O. The second-order valence-electron chi connectivity index (χ2n) is 3.22. The van der Waals surface area contributed by atoms with Crippen LogP contribution >= 0.6 is 0 Å². The van der Waals surface area contributed by atoms with E-state index in [4.69, 9.17) is 10.8 Å². The van der Waals surface area contributed by atoms with E-state index in [1.165, 1.54) is 6.92 Å². The fourth-order valence-corrected chi connectivity index (χ4v) is 1.01. The Morgan fingerprint density at radius 1 is 1.36 bits per heavy atom. The third kappa shape index (κ3) is 3.66. The molecule has 0 bridgehead atoms. The maximum Gasteiger partial charge on any atom is 0.328 e. The number of nitrogens with two attached hydrogens (primary N) is 1. The molecule has 0 aliphatic heterocycles. The first-order valence-corrected chi connectivity index (χ1v) is 4.44. The fraction of sp³-hybridized carbons (Fsp3) is 0.667. The van der Waals surface area contributed by atoms with Crippen molar-refractivity contribution < 1.29 is 19.5 Å². The molecule has 0 heterocycles. The van der Waals surface area contributed by atoms with Crippen molar-refractivity contribution in [1.82, 2.24) is 0 Å². The molecular formula is C9H15NO4. The average molecular weight is 201 g/mol. The molecule has 0 spiro atoms. The molecule has 0 aliphatic carbocycles. The molecule has 2 atom stereocenters. The molecule has 0 radical (unpaired) electrons. The minimum absolute atomic E-state index is 0.0658. The third-order valence-electron chi connectivity index (χ3n) is 1.99. The topological polar surface area (TPSA) is 97.5 Å². The van der Waals surface area contributed by atoms with E-state index in [1.54, 1.807) is 6.92 Å². The lowest BCUT2D eigenvalue weighted by Gasteiger charge is -2.11. The zero-order chi connectivity index (χ0) is 11.3. The Morgan fingerprint density at radius 3 is 2.21 bits per heavy atom. The van der Waals surface area contributed by atoms with Gasteiger partial charge in [-0.3, -0.25) is 14.4 Å². The lowest BCUT2D eigenvalue weighted by atomic mass is 9.94. The maximum atomic E-state index is 11.3. The van der Waals surface area contributed by atoms with Gasteiger partial charge in [-0.1, -0.05) is 13.8 Å². The summed E-state index contributed by atoms with van der Waals surface area (Å²) in [6.45, 7) is 3.20. The Kier molecular flexibility index (Phi) is 5.01. The number of carboxylic acids is 1. The van der Waals surface area contributed by atoms with E-state index in [-0.39, 0.29) is 12.2 Å². The predicted octanol–water partition coefficient (Wildman–Crippen LogP) is -0.0273. The second-order valence-corrected chi connectivity index (χ2v) is 3.22. The highest BCUT2D eigenvalue weighted by molar-refractivity contribution is 6.04. The minimum Gasteiger partial charge on any atom is -0.480 e. The summed E-state index contributed by atoms with van der Waals surface area (Å²) in [5.41, 5.74) is 5.12. The smallest absolute Gasteiger partial charge is 0.328 e. The highest BCUT2D eigenvalue weighted by Crippen LogP contribution is 2.07. The first-order valence-electron chi connectivity index (χ1n) is 4.44. The summed E-state index contributed by atoms with van der Waals surface area (Å²) in [7, 11) is 0. The van der Waals surface area contributed by atoms with Gasteiger partial charge in [-0.2, -0.15) is 0 Å². The number of aliphatic carboxylic acids is 1. The van der Waals surface area contributed by atoms with Crippen molar-refractivity contribution in [3.8, 4) is 0 Å². The van der Waals surface area contributed by atoms with Crippen LogP contribution in [0.3, 0.4) is 0 Å². The minimum atomic E-state index is -1.52. The van der Waals surface area contributed by atoms with Gasteiger partial charge in [0.1, 0.15) is 5.78 Å². The van der Waals surface area contributed by atoms with E-state index < -0.39 is 23.7 Å². The summed E-state index contributed by atoms with van der Waals surface area (Å²) < 4.78 is 0. The van der Waals surface area contributed by atoms with Crippen molar-refractivity contribution in [2.24, 2.45) is 11.7 Å². The Hall–Kier alpha value is -1.23. The van der Waals surface area contributed by atoms with Crippen LogP contribution in [0.4, 0.5) is 0 Å². The molecule has 5 heteroatoms. The van der Waals surface area contributed by atoms with Crippen molar-refractivity contribution in [1.29, 1.82) is 0 Å². The van der Waals surface area contributed by atoms with Crippen molar-refractivity contribution in [3.05, 3.63) is 0 Å². The van der Waals surface area contributed by atoms with Gasteiger partial charge in [-0.25, -0.2) is 0 Å². The van der Waals surface area contributed by atoms with Gasteiger partial charge in [0.2, 0.25) is 0 Å². The summed E-state index contributed by atoms with van der Waals surface area (Å²) >= 11 is 0. The average Bonchev–Trinajstić information content (AvgIpc) is 2.14. The van der Waals surface area contributed by atoms with Crippen LogP contribution in [0.15, 0.2) is 0 Å². The molecule has 80 valence electrons. The van der Waals surface area contributed by atoms with Crippen molar-refractivity contribution in [2.75, 3.05) is 0 Å². The van der Waals surface area contributed by atoms with E-state index in [9.17, 15) is 14.4 Å². The quantitative estimate of drug-likeness (QED) is 0.588. The molecule has 0 aliphatic rings. The zero-order valence-corrected chi connectivity index (χ0v) is 8.32. The standard InChI is InChI=1S/C9H15NO4/c1-3-6(11)4-5(2)8(12)7(10)9(13)14/h5,7H,3-4,10H2,1-2H3,(H,13,14). The van der Waals surface area contributed by atoms with E-state index in [2.05, 4.69) is 0 Å². The Morgan fingerprint density at radius 2 is 1.86 bits per heavy atom. The number of carboxylic acid groups (broad SMARTS) is 1. The van der Waals surface area contributed by atoms with E-state index in [0.717, 1.165) is 0 Å². The van der Waals surface area contributed by atoms with Crippen LogP contribution in [0.5, 0.6) is 0 Å². The van der Waals surface area contributed by atoms with Gasteiger partial charge >= 0.3 is 5.97 Å². The fourth-order valence-electron chi connectivity index (χ4n) is 1.01. The molecule has 5 nitrogen and oxygen atoms in total. The third-order valence-corrected chi connectivity index (χ3v) is 1.99.